The minimum absolute atomic E-state index is 0.160. The van der Waals surface area contributed by atoms with E-state index in [0.717, 1.165) is 17.0 Å². The second kappa shape index (κ2) is 6.57. The SMILES string of the molecule is COc1ccc(-c2n[nH]c(CNC(=O)c3scnc3C)n2)cc1. The Kier molecular flexibility index (Phi) is 4.33. The largest absolute Gasteiger partial charge is 0.497 e. The molecule has 2 aromatic heterocycles. The van der Waals surface area contributed by atoms with Crippen molar-refractivity contribution in [1.29, 1.82) is 0 Å². The van der Waals surface area contributed by atoms with Gasteiger partial charge >= 0.3 is 0 Å². The molecule has 2 heterocycles. The van der Waals surface area contributed by atoms with Gasteiger partial charge in [-0.1, -0.05) is 0 Å². The number of hydrogen-bond acceptors (Lipinski definition) is 6. The summed E-state index contributed by atoms with van der Waals surface area (Å²) in [7, 11) is 1.62. The van der Waals surface area contributed by atoms with Gasteiger partial charge < -0.3 is 10.1 Å². The van der Waals surface area contributed by atoms with Crippen LogP contribution in [0.4, 0.5) is 0 Å². The summed E-state index contributed by atoms with van der Waals surface area (Å²) in [5, 5.41) is 9.79. The molecule has 0 bridgehead atoms. The lowest BCUT2D eigenvalue weighted by Crippen LogP contribution is -2.23. The summed E-state index contributed by atoms with van der Waals surface area (Å²) in [6, 6.07) is 7.45. The number of amides is 1. The first kappa shape index (κ1) is 15.2. The Morgan fingerprint density at radius 3 is 2.78 bits per heavy atom. The summed E-state index contributed by atoms with van der Waals surface area (Å²) in [4.78, 5) is 21.1. The van der Waals surface area contributed by atoms with Crippen LogP contribution in [0, 0.1) is 6.92 Å². The Labute approximate surface area is 136 Å². The first-order valence-electron chi connectivity index (χ1n) is 6.91. The van der Waals surface area contributed by atoms with Gasteiger partial charge in [-0.3, -0.25) is 9.89 Å². The van der Waals surface area contributed by atoms with Gasteiger partial charge in [0.1, 0.15) is 16.5 Å². The minimum atomic E-state index is -0.160. The van der Waals surface area contributed by atoms with E-state index in [9.17, 15) is 4.79 Å². The number of carbonyl (C=O) groups excluding carboxylic acids is 1. The molecule has 118 valence electrons. The van der Waals surface area contributed by atoms with Crippen molar-refractivity contribution < 1.29 is 9.53 Å². The Morgan fingerprint density at radius 2 is 2.13 bits per heavy atom. The number of rotatable bonds is 5. The highest BCUT2D eigenvalue weighted by atomic mass is 32.1. The van der Waals surface area contributed by atoms with Crippen LogP contribution in [-0.2, 0) is 6.54 Å². The Bertz CT molecular complexity index is 809. The molecule has 7 nitrogen and oxygen atoms in total. The van der Waals surface area contributed by atoms with E-state index < -0.39 is 0 Å². The number of nitrogens with one attached hydrogen (secondary N) is 2. The molecule has 2 N–H and O–H groups in total. The van der Waals surface area contributed by atoms with Crippen LogP contribution in [-0.4, -0.2) is 33.2 Å². The normalized spacial score (nSPS) is 10.5. The molecule has 3 aromatic rings. The number of methoxy groups -OCH3 is 1. The van der Waals surface area contributed by atoms with Crippen molar-refractivity contribution in [3.63, 3.8) is 0 Å². The number of aromatic nitrogens is 4. The number of thiazole rings is 1. The highest BCUT2D eigenvalue weighted by Crippen LogP contribution is 2.19. The molecule has 0 aliphatic heterocycles. The molecule has 1 amide bonds. The van der Waals surface area contributed by atoms with Gasteiger partial charge in [-0.2, -0.15) is 5.10 Å². The molecule has 0 aliphatic rings. The van der Waals surface area contributed by atoms with Crippen LogP contribution in [0.5, 0.6) is 5.75 Å². The zero-order valence-electron chi connectivity index (χ0n) is 12.7. The van der Waals surface area contributed by atoms with E-state index in [-0.39, 0.29) is 12.5 Å². The fourth-order valence-corrected chi connectivity index (χ4v) is 2.73. The number of H-pyrrole nitrogens is 1. The van der Waals surface area contributed by atoms with Crippen LogP contribution in [0.2, 0.25) is 0 Å². The summed E-state index contributed by atoms with van der Waals surface area (Å²) in [6.07, 6.45) is 0. The molecular weight excluding hydrogens is 314 g/mol. The number of benzene rings is 1. The van der Waals surface area contributed by atoms with Gasteiger partial charge in [-0.15, -0.1) is 11.3 Å². The maximum Gasteiger partial charge on any atom is 0.263 e. The molecular formula is C15H15N5O2S. The van der Waals surface area contributed by atoms with E-state index in [1.165, 1.54) is 11.3 Å². The van der Waals surface area contributed by atoms with Crippen molar-refractivity contribution in [3.05, 3.63) is 46.2 Å². The van der Waals surface area contributed by atoms with Crippen molar-refractivity contribution in [2.75, 3.05) is 7.11 Å². The van der Waals surface area contributed by atoms with E-state index in [0.29, 0.717) is 16.5 Å². The summed E-state index contributed by atoms with van der Waals surface area (Å²) in [6.45, 7) is 2.08. The van der Waals surface area contributed by atoms with Crippen molar-refractivity contribution >= 4 is 17.2 Å². The van der Waals surface area contributed by atoms with E-state index in [1.54, 1.807) is 12.6 Å². The first-order valence-corrected chi connectivity index (χ1v) is 7.79. The number of aryl methyl sites for hydroxylation is 1. The average Bonchev–Trinajstić information content (AvgIpc) is 3.22. The Balaban J connectivity index is 1.65. The second-order valence-corrected chi connectivity index (χ2v) is 5.64. The summed E-state index contributed by atoms with van der Waals surface area (Å²) < 4.78 is 5.12. The second-order valence-electron chi connectivity index (χ2n) is 4.78. The molecule has 0 unspecified atom stereocenters. The summed E-state index contributed by atoms with van der Waals surface area (Å²) >= 11 is 1.32. The number of carbonyl (C=O) groups is 1. The molecule has 0 saturated carbocycles. The molecule has 0 atom stereocenters. The summed E-state index contributed by atoms with van der Waals surface area (Å²) in [5.41, 5.74) is 3.25. The zero-order chi connectivity index (χ0) is 16.2. The van der Waals surface area contributed by atoms with Gasteiger partial charge in [0.05, 0.1) is 24.9 Å². The van der Waals surface area contributed by atoms with Gasteiger partial charge in [0.15, 0.2) is 5.82 Å². The topological polar surface area (TPSA) is 92.8 Å². The van der Waals surface area contributed by atoms with Gasteiger partial charge in [-0.25, -0.2) is 9.97 Å². The van der Waals surface area contributed by atoms with E-state index in [2.05, 4.69) is 25.5 Å². The Morgan fingerprint density at radius 1 is 1.35 bits per heavy atom. The fraction of sp³-hybridized carbons (Fsp3) is 0.200. The van der Waals surface area contributed by atoms with Crippen LogP contribution < -0.4 is 10.1 Å². The van der Waals surface area contributed by atoms with Crippen molar-refractivity contribution in [3.8, 4) is 17.1 Å². The third-order valence-corrected chi connectivity index (χ3v) is 4.18. The maximum absolute atomic E-state index is 12.0. The van der Waals surface area contributed by atoms with Crippen molar-refractivity contribution in [2.45, 2.75) is 13.5 Å². The predicted molar refractivity (Wildman–Crippen MR) is 86.4 cm³/mol. The van der Waals surface area contributed by atoms with Crippen LogP contribution in [0.25, 0.3) is 11.4 Å². The van der Waals surface area contributed by atoms with Crippen molar-refractivity contribution in [1.82, 2.24) is 25.5 Å². The van der Waals surface area contributed by atoms with E-state index >= 15 is 0 Å². The lowest BCUT2D eigenvalue weighted by Gasteiger charge is -2.01. The molecule has 8 heteroatoms. The molecule has 0 aliphatic carbocycles. The first-order chi connectivity index (χ1) is 11.2. The number of aromatic amines is 1. The quantitative estimate of drug-likeness (QED) is 0.748. The zero-order valence-corrected chi connectivity index (χ0v) is 13.5. The number of hydrogen-bond donors (Lipinski definition) is 2. The third kappa shape index (κ3) is 3.37. The summed E-state index contributed by atoms with van der Waals surface area (Å²) in [5.74, 6) is 1.78. The molecule has 23 heavy (non-hydrogen) atoms. The minimum Gasteiger partial charge on any atom is -0.497 e. The van der Waals surface area contributed by atoms with Gasteiger partial charge in [0.25, 0.3) is 5.91 Å². The van der Waals surface area contributed by atoms with Gasteiger partial charge in [-0.05, 0) is 31.2 Å². The fourth-order valence-electron chi connectivity index (χ4n) is 2.01. The lowest BCUT2D eigenvalue weighted by atomic mass is 10.2. The van der Waals surface area contributed by atoms with Gasteiger partial charge in [0, 0.05) is 5.56 Å². The van der Waals surface area contributed by atoms with E-state index in [1.807, 2.05) is 31.2 Å². The van der Waals surface area contributed by atoms with Crippen LogP contribution in [0.3, 0.4) is 0 Å². The molecule has 0 spiro atoms. The highest BCUT2D eigenvalue weighted by Gasteiger charge is 2.12. The highest BCUT2D eigenvalue weighted by molar-refractivity contribution is 7.11. The van der Waals surface area contributed by atoms with Crippen molar-refractivity contribution in [2.24, 2.45) is 0 Å². The van der Waals surface area contributed by atoms with Gasteiger partial charge in [0.2, 0.25) is 0 Å². The standard InChI is InChI=1S/C15H15N5O2S/c1-9-13(23-8-17-9)15(21)16-7-12-18-14(20-19-12)10-3-5-11(22-2)6-4-10/h3-6,8H,7H2,1-2H3,(H,16,21)(H,18,19,20). The lowest BCUT2D eigenvalue weighted by molar-refractivity contribution is 0.0953. The smallest absolute Gasteiger partial charge is 0.263 e. The maximum atomic E-state index is 12.0. The molecule has 3 rings (SSSR count). The van der Waals surface area contributed by atoms with Crippen LogP contribution in [0.15, 0.2) is 29.8 Å². The third-order valence-electron chi connectivity index (χ3n) is 3.25. The number of ether oxygens (including phenoxy) is 1. The molecule has 0 saturated heterocycles. The molecule has 0 radical (unpaired) electrons. The predicted octanol–water partition coefficient (Wildman–Crippen LogP) is 2.18. The van der Waals surface area contributed by atoms with Crippen LogP contribution in [0.1, 0.15) is 21.2 Å². The molecule has 0 fully saturated rings. The molecule has 1 aromatic carbocycles. The number of nitrogens with zero attached hydrogens (tertiary/aromatic N) is 3. The average molecular weight is 329 g/mol. The Hall–Kier alpha value is -2.74. The monoisotopic (exact) mass is 329 g/mol. The van der Waals surface area contributed by atoms with Crippen LogP contribution >= 0.6 is 11.3 Å². The van der Waals surface area contributed by atoms with E-state index in [4.69, 9.17) is 4.74 Å².